The number of likely N-dealkylation sites (N-methyl/N-ethyl adjacent to an activating group) is 1. The number of thiocarbonyl (C=S) groups is 1. The van der Waals surface area contributed by atoms with Crippen molar-refractivity contribution in [1.29, 1.82) is 0 Å². The molecule has 0 spiro atoms. The Morgan fingerprint density at radius 1 is 1.20 bits per heavy atom. The van der Waals surface area contributed by atoms with Crippen molar-refractivity contribution in [2.75, 3.05) is 25.0 Å². The average Bonchev–Trinajstić information content (AvgIpc) is 2.58. The first-order valence-electron chi connectivity index (χ1n) is 7.95. The maximum absolute atomic E-state index is 6.03. The fraction of sp³-hybridized carbons (Fsp3) is 0.278. The lowest BCUT2D eigenvalue weighted by Crippen LogP contribution is -2.45. The Kier molecular flexibility index (Phi) is 5.89. The summed E-state index contributed by atoms with van der Waals surface area (Å²) in [5.41, 5.74) is 0.757. The third-order valence-corrected chi connectivity index (χ3v) is 4.57. The van der Waals surface area contributed by atoms with E-state index in [1.807, 2.05) is 36.1 Å². The first-order valence-corrected chi connectivity index (χ1v) is 9.12. The van der Waals surface area contributed by atoms with E-state index in [9.17, 15) is 0 Å². The smallest absolute Gasteiger partial charge is 0.173 e. The molecule has 0 aromatic heterocycles. The number of fused-ring (bicyclic) bond motifs is 1. The Bertz CT molecular complexity index is 752. The number of halogens is 2. The van der Waals surface area contributed by atoms with Crippen LogP contribution in [0.2, 0.25) is 10.0 Å². The van der Waals surface area contributed by atoms with Crippen molar-refractivity contribution in [3.8, 4) is 11.5 Å². The number of benzene rings is 2. The third-order valence-electron chi connectivity index (χ3n) is 3.77. The van der Waals surface area contributed by atoms with Crippen LogP contribution in [0.25, 0.3) is 0 Å². The molecular weight excluding hydrogens is 379 g/mol. The second-order valence-electron chi connectivity index (χ2n) is 5.62. The Morgan fingerprint density at radius 3 is 2.56 bits per heavy atom. The maximum Gasteiger partial charge on any atom is 0.173 e. The van der Waals surface area contributed by atoms with Crippen molar-refractivity contribution in [2.45, 2.75) is 13.0 Å². The van der Waals surface area contributed by atoms with E-state index in [1.54, 1.807) is 18.2 Å². The lowest BCUT2D eigenvalue weighted by atomic mass is 10.2. The molecule has 0 amide bonds. The molecular formula is C18H18Cl2N2O2S. The Hall–Kier alpha value is -1.69. The number of anilines is 1. The van der Waals surface area contributed by atoms with Crippen molar-refractivity contribution in [2.24, 2.45) is 0 Å². The van der Waals surface area contributed by atoms with Crippen LogP contribution in [0.5, 0.6) is 11.5 Å². The summed E-state index contributed by atoms with van der Waals surface area (Å²) in [6.07, 6.45) is -0.0995. The molecule has 132 valence electrons. The molecule has 0 unspecified atom stereocenters. The van der Waals surface area contributed by atoms with Crippen molar-refractivity contribution in [3.05, 3.63) is 52.5 Å². The van der Waals surface area contributed by atoms with Crippen LogP contribution >= 0.6 is 35.4 Å². The molecule has 1 aliphatic rings. The molecule has 1 N–H and O–H groups in total. The molecule has 1 atom stereocenters. The zero-order valence-corrected chi connectivity index (χ0v) is 16.0. The zero-order valence-electron chi connectivity index (χ0n) is 13.7. The van der Waals surface area contributed by atoms with Crippen LogP contribution in [0.4, 0.5) is 5.69 Å². The highest BCUT2D eigenvalue weighted by Gasteiger charge is 2.23. The average molecular weight is 397 g/mol. The fourth-order valence-electron chi connectivity index (χ4n) is 2.58. The standard InChI is InChI=1S/C18H18Cl2N2O2S/c1-2-22(18(25)21-14-8-12(19)7-13(20)9-14)10-15-11-23-16-5-3-4-6-17(16)24-15/h3-9,15H,2,10-11H2,1H3,(H,21,25)/t15-/m1/s1. The second kappa shape index (κ2) is 8.13. The van der Waals surface area contributed by atoms with Crippen LogP contribution in [-0.4, -0.2) is 35.8 Å². The summed E-state index contributed by atoms with van der Waals surface area (Å²) in [5, 5.41) is 4.88. The number of hydrogen-bond donors (Lipinski definition) is 1. The van der Waals surface area contributed by atoms with Gasteiger partial charge < -0.3 is 19.7 Å². The zero-order chi connectivity index (χ0) is 17.8. The quantitative estimate of drug-likeness (QED) is 0.746. The lowest BCUT2D eigenvalue weighted by Gasteiger charge is -2.32. The van der Waals surface area contributed by atoms with Gasteiger partial charge in [0.05, 0.1) is 6.54 Å². The van der Waals surface area contributed by atoms with Gasteiger partial charge in [-0.25, -0.2) is 0 Å². The summed E-state index contributed by atoms with van der Waals surface area (Å²) in [7, 11) is 0. The fourth-order valence-corrected chi connectivity index (χ4v) is 3.43. The van der Waals surface area contributed by atoms with Crippen LogP contribution < -0.4 is 14.8 Å². The van der Waals surface area contributed by atoms with Gasteiger partial charge in [0, 0.05) is 22.3 Å². The number of rotatable bonds is 4. The highest BCUT2D eigenvalue weighted by Crippen LogP contribution is 2.31. The first kappa shape index (κ1) is 18.1. The summed E-state index contributed by atoms with van der Waals surface area (Å²) in [6, 6.07) is 12.9. The molecule has 7 heteroatoms. The lowest BCUT2D eigenvalue weighted by molar-refractivity contribution is 0.0754. The molecule has 0 saturated heterocycles. The molecule has 4 nitrogen and oxygen atoms in total. The summed E-state index contributed by atoms with van der Waals surface area (Å²) < 4.78 is 11.8. The Morgan fingerprint density at radius 2 is 1.88 bits per heavy atom. The van der Waals surface area contributed by atoms with Crippen molar-refractivity contribution in [1.82, 2.24) is 4.90 Å². The highest BCUT2D eigenvalue weighted by atomic mass is 35.5. The largest absolute Gasteiger partial charge is 0.486 e. The molecule has 3 rings (SSSR count). The number of hydrogen-bond acceptors (Lipinski definition) is 3. The number of nitrogens with one attached hydrogen (secondary N) is 1. The van der Waals surface area contributed by atoms with E-state index >= 15 is 0 Å². The van der Waals surface area contributed by atoms with Crippen LogP contribution in [0.1, 0.15) is 6.92 Å². The molecule has 1 heterocycles. The van der Waals surface area contributed by atoms with Gasteiger partial charge in [0.1, 0.15) is 6.61 Å². The van der Waals surface area contributed by atoms with Crippen LogP contribution in [-0.2, 0) is 0 Å². The van der Waals surface area contributed by atoms with Gasteiger partial charge >= 0.3 is 0 Å². The molecule has 2 aromatic rings. The molecule has 2 aromatic carbocycles. The number of nitrogens with zero attached hydrogens (tertiary/aromatic N) is 1. The molecule has 0 aliphatic carbocycles. The van der Waals surface area contributed by atoms with Crippen LogP contribution in [0, 0.1) is 0 Å². The van der Waals surface area contributed by atoms with Gasteiger partial charge in [-0.2, -0.15) is 0 Å². The summed E-state index contributed by atoms with van der Waals surface area (Å²) >= 11 is 17.6. The predicted octanol–water partition coefficient (Wildman–Crippen LogP) is 4.85. The molecule has 1 aliphatic heterocycles. The minimum atomic E-state index is -0.0995. The van der Waals surface area contributed by atoms with E-state index in [0.717, 1.165) is 23.7 Å². The molecule has 0 radical (unpaired) electrons. The number of para-hydroxylation sites is 2. The minimum Gasteiger partial charge on any atom is -0.486 e. The second-order valence-corrected chi connectivity index (χ2v) is 6.88. The maximum atomic E-state index is 6.03. The SMILES string of the molecule is CCN(C[C@@H]1COc2ccccc2O1)C(=S)Nc1cc(Cl)cc(Cl)c1. The van der Waals surface area contributed by atoms with E-state index in [-0.39, 0.29) is 6.10 Å². The van der Waals surface area contributed by atoms with E-state index in [1.165, 1.54) is 0 Å². The monoisotopic (exact) mass is 396 g/mol. The predicted molar refractivity (Wildman–Crippen MR) is 106 cm³/mol. The van der Waals surface area contributed by atoms with E-state index in [0.29, 0.717) is 28.3 Å². The summed E-state index contributed by atoms with van der Waals surface area (Å²) in [6.45, 7) is 3.88. The summed E-state index contributed by atoms with van der Waals surface area (Å²) in [5.74, 6) is 1.53. The van der Waals surface area contributed by atoms with Gasteiger partial charge in [-0.15, -0.1) is 0 Å². The first-order chi connectivity index (χ1) is 12.0. The van der Waals surface area contributed by atoms with Crippen LogP contribution in [0.3, 0.4) is 0 Å². The minimum absolute atomic E-state index is 0.0995. The van der Waals surface area contributed by atoms with Crippen molar-refractivity contribution >= 4 is 46.2 Å². The van der Waals surface area contributed by atoms with Gasteiger partial charge in [0.15, 0.2) is 22.7 Å². The highest BCUT2D eigenvalue weighted by molar-refractivity contribution is 7.80. The van der Waals surface area contributed by atoms with Gasteiger partial charge in [-0.05, 0) is 49.5 Å². The van der Waals surface area contributed by atoms with E-state index in [4.69, 9.17) is 44.9 Å². The normalized spacial score (nSPS) is 15.6. The van der Waals surface area contributed by atoms with E-state index in [2.05, 4.69) is 5.32 Å². The number of ether oxygens (including phenoxy) is 2. The van der Waals surface area contributed by atoms with Crippen molar-refractivity contribution in [3.63, 3.8) is 0 Å². The molecule has 0 bridgehead atoms. The van der Waals surface area contributed by atoms with Crippen LogP contribution in [0.15, 0.2) is 42.5 Å². The van der Waals surface area contributed by atoms with E-state index < -0.39 is 0 Å². The Labute approximate surface area is 162 Å². The summed E-state index contributed by atoms with van der Waals surface area (Å²) in [4.78, 5) is 2.02. The van der Waals surface area contributed by atoms with Gasteiger partial charge in [0.2, 0.25) is 0 Å². The third kappa shape index (κ3) is 4.69. The topological polar surface area (TPSA) is 33.7 Å². The Balaban J connectivity index is 1.63. The molecule has 0 saturated carbocycles. The van der Waals surface area contributed by atoms with Crippen molar-refractivity contribution < 1.29 is 9.47 Å². The van der Waals surface area contributed by atoms with Gasteiger partial charge in [-0.1, -0.05) is 35.3 Å². The molecule has 0 fully saturated rings. The molecule has 25 heavy (non-hydrogen) atoms. The van der Waals surface area contributed by atoms with Gasteiger partial charge in [-0.3, -0.25) is 0 Å². The van der Waals surface area contributed by atoms with Gasteiger partial charge in [0.25, 0.3) is 0 Å².